The monoisotopic (exact) mass is 357 g/mol. The quantitative estimate of drug-likeness (QED) is 0.677. The van der Waals surface area contributed by atoms with Crippen LogP contribution in [0, 0.1) is 0 Å². The second kappa shape index (κ2) is 7.98. The van der Waals surface area contributed by atoms with Gasteiger partial charge in [0.05, 0.1) is 10.9 Å². The number of carbonyl (C=O) groups excluding carboxylic acids is 1. The summed E-state index contributed by atoms with van der Waals surface area (Å²) in [7, 11) is 0. The van der Waals surface area contributed by atoms with Crippen LogP contribution in [-0.2, 0) is 17.6 Å². The van der Waals surface area contributed by atoms with Crippen LogP contribution < -0.4 is 10.9 Å². The molecule has 25 heavy (non-hydrogen) atoms. The average molecular weight is 357 g/mol. The summed E-state index contributed by atoms with van der Waals surface area (Å²) in [5.74, 6) is 0.328. The highest BCUT2D eigenvalue weighted by atomic mass is 32.1. The van der Waals surface area contributed by atoms with Crippen molar-refractivity contribution < 1.29 is 4.79 Å². The van der Waals surface area contributed by atoms with Gasteiger partial charge in [0.1, 0.15) is 10.8 Å². The fourth-order valence-electron chi connectivity index (χ4n) is 2.40. The zero-order chi connectivity index (χ0) is 17.6. The van der Waals surface area contributed by atoms with E-state index < -0.39 is 0 Å². The molecule has 8 heteroatoms. The number of hydrogen-bond acceptors (Lipinski definition) is 6. The molecule has 1 aromatic carbocycles. The number of anilines is 1. The molecule has 0 radical (unpaired) electrons. The molecule has 3 aromatic rings. The molecule has 3 rings (SSSR count). The second-order valence-corrected chi connectivity index (χ2v) is 6.74. The van der Waals surface area contributed by atoms with E-state index in [1.807, 2.05) is 6.07 Å². The van der Waals surface area contributed by atoms with Crippen molar-refractivity contribution in [1.29, 1.82) is 0 Å². The molecule has 0 aliphatic rings. The summed E-state index contributed by atoms with van der Waals surface area (Å²) in [5.41, 5.74) is 0.442. The summed E-state index contributed by atoms with van der Waals surface area (Å²) in [6, 6.07) is 7.14. The molecule has 0 saturated heterocycles. The van der Waals surface area contributed by atoms with Gasteiger partial charge in [-0.05, 0) is 18.6 Å². The molecule has 0 aliphatic heterocycles. The Morgan fingerprint density at radius 2 is 2.08 bits per heavy atom. The molecule has 0 spiro atoms. The summed E-state index contributed by atoms with van der Waals surface area (Å²) in [4.78, 5) is 31.2. The summed E-state index contributed by atoms with van der Waals surface area (Å²) >= 11 is 1.40. The van der Waals surface area contributed by atoms with Crippen molar-refractivity contribution in [1.82, 2.24) is 20.2 Å². The zero-order valence-corrected chi connectivity index (χ0v) is 14.7. The predicted octanol–water partition coefficient (Wildman–Crippen LogP) is 2.69. The van der Waals surface area contributed by atoms with E-state index >= 15 is 0 Å². The molecular formula is C17H19N5O2S. The Labute approximate surface area is 148 Å². The minimum absolute atomic E-state index is 0.172. The minimum atomic E-state index is -0.189. The van der Waals surface area contributed by atoms with Crippen LogP contribution in [0.2, 0.25) is 0 Å². The van der Waals surface area contributed by atoms with Crippen molar-refractivity contribution in [2.75, 3.05) is 5.32 Å². The van der Waals surface area contributed by atoms with Crippen molar-refractivity contribution in [2.45, 2.75) is 39.0 Å². The van der Waals surface area contributed by atoms with Crippen LogP contribution in [0.15, 0.2) is 29.1 Å². The smallest absolute Gasteiger partial charge is 0.258 e. The third kappa shape index (κ3) is 4.48. The van der Waals surface area contributed by atoms with Gasteiger partial charge in [-0.1, -0.05) is 36.8 Å². The van der Waals surface area contributed by atoms with E-state index in [1.165, 1.54) is 11.3 Å². The molecule has 0 bridgehead atoms. The van der Waals surface area contributed by atoms with Crippen molar-refractivity contribution in [3.05, 3.63) is 45.5 Å². The number of unbranched alkanes of at least 4 members (excludes halogenated alkanes) is 1. The van der Waals surface area contributed by atoms with Crippen LogP contribution in [0.5, 0.6) is 0 Å². The first-order valence-corrected chi connectivity index (χ1v) is 9.07. The van der Waals surface area contributed by atoms with Gasteiger partial charge >= 0.3 is 0 Å². The molecule has 1 amide bonds. The zero-order valence-electron chi connectivity index (χ0n) is 13.9. The standard InChI is InChI=1S/C17H19N5O2S/c1-2-3-8-15-21-22-17(25-15)20-14(23)10-9-13-18-12-7-5-4-6-11(12)16(24)19-13/h4-7H,2-3,8-10H2,1H3,(H,18,19,24)(H,20,22,23). The lowest BCUT2D eigenvalue weighted by Gasteiger charge is -2.03. The fraction of sp³-hybridized carbons (Fsp3) is 0.353. The number of nitrogens with one attached hydrogen (secondary N) is 2. The number of H-pyrrole nitrogens is 1. The molecular weight excluding hydrogens is 338 g/mol. The van der Waals surface area contributed by atoms with Gasteiger partial charge in [0.25, 0.3) is 5.56 Å². The topological polar surface area (TPSA) is 101 Å². The lowest BCUT2D eigenvalue weighted by molar-refractivity contribution is -0.116. The number of amides is 1. The van der Waals surface area contributed by atoms with Crippen molar-refractivity contribution in [3.8, 4) is 0 Å². The van der Waals surface area contributed by atoms with Crippen LogP contribution in [0.3, 0.4) is 0 Å². The highest BCUT2D eigenvalue weighted by Crippen LogP contribution is 2.17. The number of rotatable bonds is 7. The van der Waals surface area contributed by atoms with Gasteiger partial charge in [-0.3, -0.25) is 9.59 Å². The molecule has 130 valence electrons. The Morgan fingerprint density at radius 3 is 2.92 bits per heavy atom. The van der Waals surface area contributed by atoms with E-state index in [0.29, 0.717) is 28.3 Å². The third-order valence-corrected chi connectivity index (χ3v) is 4.61. The number of para-hydroxylation sites is 1. The molecule has 2 heterocycles. The Bertz CT molecular complexity index is 934. The van der Waals surface area contributed by atoms with Gasteiger partial charge in [0.15, 0.2) is 0 Å². The fourth-order valence-corrected chi connectivity index (χ4v) is 3.20. The van der Waals surface area contributed by atoms with E-state index in [0.717, 1.165) is 24.3 Å². The number of aromatic amines is 1. The van der Waals surface area contributed by atoms with Gasteiger partial charge in [-0.25, -0.2) is 4.98 Å². The largest absolute Gasteiger partial charge is 0.310 e. The number of fused-ring (bicyclic) bond motifs is 1. The first-order chi connectivity index (χ1) is 12.2. The van der Waals surface area contributed by atoms with E-state index in [4.69, 9.17) is 0 Å². The molecule has 0 saturated carbocycles. The Hall–Kier alpha value is -2.61. The number of hydrogen-bond donors (Lipinski definition) is 2. The maximum absolute atomic E-state index is 12.1. The van der Waals surface area contributed by atoms with Crippen molar-refractivity contribution in [3.63, 3.8) is 0 Å². The van der Waals surface area contributed by atoms with Gasteiger partial charge in [0, 0.05) is 19.3 Å². The number of aromatic nitrogens is 4. The van der Waals surface area contributed by atoms with E-state index in [9.17, 15) is 9.59 Å². The number of carbonyl (C=O) groups is 1. The van der Waals surface area contributed by atoms with Crippen LogP contribution in [0.4, 0.5) is 5.13 Å². The van der Waals surface area contributed by atoms with E-state index in [1.54, 1.807) is 18.2 Å². The molecule has 2 N–H and O–H groups in total. The molecule has 0 aliphatic carbocycles. The normalized spacial score (nSPS) is 10.9. The third-order valence-electron chi connectivity index (χ3n) is 3.71. The maximum Gasteiger partial charge on any atom is 0.258 e. The summed E-state index contributed by atoms with van der Waals surface area (Å²) in [6.45, 7) is 2.12. The van der Waals surface area contributed by atoms with Crippen molar-refractivity contribution in [2.24, 2.45) is 0 Å². The minimum Gasteiger partial charge on any atom is -0.310 e. The first-order valence-electron chi connectivity index (χ1n) is 8.26. The SMILES string of the molecule is CCCCc1nnc(NC(=O)CCc2nc3ccccc3c(=O)[nH]2)s1. The Balaban J connectivity index is 1.59. The summed E-state index contributed by atoms with van der Waals surface area (Å²) in [5, 5.41) is 12.8. The predicted molar refractivity (Wildman–Crippen MR) is 97.8 cm³/mol. The highest BCUT2D eigenvalue weighted by Gasteiger charge is 2.10. The molecule has 0 unspecified atom stereocenters. The number of nitrogens with zero attached hydrogens (tertiary/aromatic N) is 3. The maximum atomic E-state index is 12.1. The van der Waals surface area contributed by atoms with Crippen LogP contribution in [-0.4, -0.2) is 26.1 Å². The number of benzene rings is 1. The average Bonchev–Trinajstić information content (AvgIpc) is 3.05. The lowest BCUT2D eigenvalue weighted by Crippen LogP contribution is -2.16. The second-order valence-electron chi connectivity index (χ2n) is 5.68. The summed E-state index contributed by atoms with van der Waals surface area (Å²) < 4.78 is 0. The van der Waals surface area contributed by atoms with Crippen LogP contribution in [0.1, 0.15) is 37.0 Å². The van der Waals surface area contributed by atoms with Gasteiger partial charge < -0.3 is 10.3 Å². The summed E-state index contributed by atoms with van der Waals surface area (Å²) in [6.07, 6.45) is 3.60. The van der Waals surface area contributed by atoms with Gasteiger partial charge in [0.2, 0.25) is 11.0 Å². The molecule has 0 atom stereocenters. The number of aryl methyl sites for hydroxylation is 2. The lowest BCUT2D eigenvalue weighted by atomic mass is 10.2. The molecule has 2 aromatic heterocycles. The van der Waals surface area contributed by atoms with Crippen LogP contribution >= 0.6 is 11.3 Å². The Kier molecular flexibility index (Phi) is 5.49. The Morgan fingerprint density at radius 1 is 1.24 bits per heavy atom. The first kappa shape index (κ1) is 17.2. The molecule has 0 fully saturated rings. The highest BCUT2D eigenvalue weighted by molar-refractivity contribution is 7.15. The van der Waals surface area contributed by atoms with Gasteiger partial charge in [-0.2, -0.15) is 0 Å². The van der Waals surface area contributed by atoms with Gasteiger partial charge in [-0.15, -0.1) is 10.2 Å². The van der Waals surface area contributed by atoms with Crippen LogP contribution in [0.25, 0.3) is 10.9 Å². The van der Waals surface area contributed by atoms with Crippen molar-refractivity contribution >= 4 is 33.3 Å². The molecule has 7 nitrogen and oxygen atoms in total. The van der Waals surface area contributed by atoms with E-state index in [-0.39, 0.29) is 17.9 Å². The van der Waals surface area contributed by atoms with E-state index in [2.05, 4.69) is 32.4 Å².